The van der Waals surface area contributed by atoms with Crippen molar-refractivity contribution in [3.63, 3.8) is 0 Å². The van der Waals surface area contributed by atoms with Crippen LogP contribution in [0.1, 0.15) is 41.5 Å². The standard InChI is InChI=1S/C11H26N2/c1-9(10(2,3)4)13-8-11(5,6)7-12/h9,13H,7-8,12H2,1-6H3/t9-/m0/s1. The van der Waals surface area contributed by atoms with Crippen LogP contribution in [0.5, 0.6) is 0 Å². The van der Waals surface area contributed by atoms with E-state index in [0.717, 1.165) is 13.1 Å². The summed E-state index contributed by atoms with van der Waals surface area (Å²) in [7, 11) is 0. The molecule has 80 valence electrons. The van der Waals surface area contributed by atoms with Crippen molar-refractivity contribution >= 4 is 0 Å². The topological polar surface area (TPSA) is 38.0 Å². The molecule has 0 heterocycles. The van der Waals surface area contributed by atoms with Crippen LogP contribution in [0.25, 0.3) is 0 Å². The molecular formula is C11H26N2. The Morgan fingerprint density at radius 1 is 1.15 bits per heavy atom. The molecule has 2 nitrogen and oxygen atoms in total. The number of hydrogen-bond acceptors (Lipinski definition) is 2. The van der Waals surface area contributed by atoms with Crippen LogP contribution in [0, 0.1) is 10.8 Å². The van der Waals surface area contributed by atoms with Gasteiger partial charge in [-0.15, -0.1) is 0 Å². The highest BCUT2D eigenvalue weighted by Gasteiger charge is 2.22. The first-order valence-corrected chi connectivity index (χ1v) is 5.12. The summed E-state index contributed by atoms with van der Waals surface area (Å²) < 4.78 is 0. The van der Waals surface area contributed by atoms with Crippen LogP contribution < -0.4 is 11.1 Å². The fourth-order valence-corrected chi connectivity index (χ4v) is 0.808. The average Bonchev–Trinajstić information content (AvgIpc) is 1.98. The first kappa shape index (κ1) is 12.9. The second-order valence-electron chi connectivity index (χ2n) is 5.84. The molecule has 0 rings (SSSR count). The van der Waals surface area contributed by atoms with Gasteiger partial charge in [-0.25, -0.2) is 0 Å². The van der Waals surface area contributed by atoms with Crippen molar-refractivity contribution in [1.82, 2.24) is 5.32 Å². The molecule has 0 unspecified atom stereocenters. The Morgan fingerprint density at radius 2 is 1.62 bits per heavy atom. The van der Waals surface area contributed by atoms with E-state index in [1.54, 1.807) is 0 Å². The third-order valence-corrected chi connectivity index (χ3v) is 2.74. The zero-order chi connectivity index (χ0) is 10.7. The van der Waals surface area contributed by atoms with E-state index in [0.29, 0.717) is 11.5 Å². The average molecular weight is 186 g/mol. The van der Waals surface area contributed by atoms with Gasteiger partial charge in [0.1, 0.15) is 0 Å². The van der Waals surface area contributed by atoms with Crippen molar-refractivity contribution in [2.45, 2.75) is 47.6 Å². The molecule has 3 N–H and O–H groups in total. The summed E-state index contributed by atoms with van der Waals surface area (Å²) in [4.78, 5) is 0. The molecule has 0 radical (unpaired) electrons. The zero-order valence-corrected chi connectivity index (χ0v) is 10.1. The van der Waals surface area contributed by atoms with Gasteiger partial charge in [-0.05, 0) is 24.3 Å². The van der Waals surface area contributed by atoms with Crippen molar-refractivity contribution in [3.8, 4) is 0 Å². The number of hydrogen-bond donors (Lipinski definition) is 2. The van der Waals surface area contributed by atoms with Crippen LogP contribution in [-0.4, -0.2) is 19.1 Å². The first-order valence-electron chi connectivity index (χ1n) is 5.12. The van der Waals surface area contributed by atoms with Gasteiger partial charge in [0, 0.05) is 12.6 Å². The highest BCUT2D eigenvalue weighted by molar-refractivity contribution is 4.80. The minimum atomic E-state index is 0.208. The lowest BCUT2D eigenvalue weighted by atomic mass is 9.86. The molecular weight excluding hydrogens is 160 g/mol. The summed E-state index contributed by atoms with van der Waals surface area (Å²) in [5, 5.41) is 3.53. The summed E-state index contributed by atoms with van der Waals surface area (Å²) in [6.45, 7) is 15.1. The number of nitrogens with one attached hydrogen (secondary N) is 1. The maximum absolute atomic E-state index is 5.66. The molecule has 0 aliphatic carbocycles. The fourth-order valence-electron chi connectivity index (χ4n) is 0.808. The smallest absolute Gasteiger partial charge is 0.00875 e. The van der Waals surface area contributed by atoms with Gasteiger partial charge >= 0.3 is 0 Å². The molecule has 0 aliphatic heterocycles. The van der Waals surface area contributed by atoms with Crippen LogP contribution in [0.4, 0.5) is 0 Å². The Morgan fingerprint density at radius 3 is 1.92 bits per heavy atom. The number of nitrogens with two attached hydrogens (primary N) is 1. The minimum Gasteiger partial charge on any atom is -0.330 e. The van der Waals surface area contributed by atoms with Crippen LogP contribution in [0.3, 0.4) is 0 Å². The molecule has 0 aliphatic rings. The van der Waals surface area contributed by atoms with Crippen LogP contribution >= 0.6 is 0 Å². The van der Waals surface area contributed by atoms with E-state index in [2.05, 4.69) is 46.9 Å². The van der Waals surface area contributed by atoms with E-state index in [1.807, 2.05) is 0 Å². The van der Waals surface area contributed by atoms with E-state index in [9.17, 15) is 0 Å². The molecule has 0 amide bonds. The monoisotopic (exact) mass is 186 g/mol. The molecule has 0 aromatic carbocycles. The molecule has 0 saturated carbocycles. The van der Waals surface area contributed by atoms with E-state index in [4.69, 9.17) is 5.73 Å². The van der Waals surface area contributed by atoms with Gasteiger partial charge in [-0.1, -0.05) is 34.6 Å². The van der Waals surface area contributed by atoms with E-state index in [1.165, 1.54) is 0 Å². The molecule has 13 heavy (non-hydrogen) atoms. The Kier molecular flexibility index (Phi) is 4.40. The highest BCUT2D eigenvalue weighted by atomic mass is 14.9. The van der Waals surface area contributed by atoms with Gasteiger partial charge in [-0.2, -0.15) is 0 Å². The summed E-state index contributed by atoms with van der Waals surface area (Å²) in [5.41, 5.74) is 6.19. The Bertz CT molecular complexity index is 145. The second kappa shape index (κ2) is 4.43. The summed E-state index contributed by atoms with van der Waals surface area (Å²) in [6.07, 6.45) is 0. The highest BCUT2D eigenvalue weighted by Crippen LogP contribution is 2.20. The molecule has 0 aromatic rings. The van der Waals surface area contributed by atoms with E-state index < -0.39 is 0 Å². The Balaban J connectivity index is 3.90. The third-order valence-electron chi connectivity index (χ3n) is 2.74. The normalized spacial score (nSPS) is 15.9. The molecule has 0 saturated heterocycles. The van der Waals surface area contributed by atoms with Gasteiger partial charge < -0.3 is 11.1 Å². The Labute approximate surface area is 83.3 Å². The molecule has 0 fully saturated rings. The largest absolute Gasteiger partial charge is 0.330 e. The minimum absolute atomic E-state index is 0.208. The van der Waals surface area contributed by atoms with Crippen molar-refractivity contribution < 1.29 is 0 Å². The van der Waals surface area contributed by atoms with Gasteiger partial charge in [-0.3, -0.25) is 0 Å². The summed E-state index contributed by atoms with van der Waals surface area (Å²) in [5.74, 6) is 0. The quantitative estimate of drug-likeness (QED) is 0.704. The summed E-state index contributed by atoms with van der Waals surface area (Å²) >= 11 is 0. The lowest BCUT2D eigenvalue weighted by molar-refractivity contribution is 0.247. The van der Waals surface area contributed by atoms with E-state index in [-0.39, 0.29) is 5.41 Å². The lowest BCUT2D eigenvalue weighted by Crippen LogP contribution is -2.44. The van der Waals surface area contributed by atoms with Gasteiger partial charge in [0.05, 0.1) is 0 Å². The Hall–Kier alpha value is -0.0800. The van der Waals surface area contributed by atoms with Crippen molar-refractivity contribution in [2.24, 2.45) is 16.6 Å². The molecule has 0 spiro atoms. The van der Waals surface area contributed by atoms with Crippen molar-refractivity contribution in [2.75, 3.05) is 13.1 Å². The predicted octanol–water partition coefficient (Wildman–Crippen LogP) is 2.00. The summed E-state index contributed by atoms with van der Waals surface area (Å²) in [6, 6.07) is 0.526. The van der Waals surface area contributed by atoms with Crippen LogP contribution in [-0.2, 0) is 0 Å². The van der Waals surface area contributed by atoms with Crippen LogP contribution in [0.15, 0.2) is 0 Å². The molecule has 0 bridgehead atoms. The maximum atomic E-state index is 5.66. The van der Waals surface area contributed by atoms with Gasteiger partial charge in [0.2, 0.25) is 0 Å². The fraction of sp³-hybridized carbons (Fsp3) is 1.00. The SMILES string of the molecule is C[C@H](NCC(C)(C)CN)C(C)(C)C. The van der Waals surface area contributed by atoms with Crippen LogP contribution in [0.2, 0.25) is 0 Å². The van der Waals surface area contributed by atoms with Crippen molar-refractivity contribution in [3.05, 3.63) is 0 Å². The predicted molar refractivity (Wildman–Crippen MR) is 59.8 cm³/mol. The van der Waals surface area contributed by atoms with Gasteiger partial charge in [0.15, 0.2) is 0 Å². The lowest BCUT2D eigenvalue weighted by Gasteiger charge is -2.32. The van der Waals surface area contributed by atoms with E-state index >= 15 is 0 Å². The second-order valence-corrected chi connectivity index (χ2v) is 5.84. The molecule has 1 atom stereocenters. The number of rotatable bonds is 4. The molecule has 0 aromatic heterocycles. The van der Waals surface area contributed by atoms with Crippen molar-refractivity contribution in [1.29, 1.82) is 0 Å². The first-order chi connectivity index (χ1) is 5.69. The van der Waals surface area contributed by atoms with Gasteiger partial charge in [0.25, 0.3) is 0 Å². The zero-order valence-electron chi connectivity index (χ0n) is 10.1. The third kappa shape index (κ3) is 5.27. The maximum Gasteiger partial charge on any atom is 0.00875 e. The molecule has 2 heteroatoms.